The highest BCUT2D eigenvalue weighted by molar-refractivity contribution is 5.97. The molecule has 1 aliphatic carbocycles. The summed E-state index contributed by atoms with van der Waals surface area (Å²) in [5.41, 5.74) is 3.62. The molecule has 0 bridgehead atoms. The molecule has 192 valence electrons. The summed E-state index contributed by atoms with van der Waals surface area (Å²) in [7, 11) is 0. The Balaban J connectivity index is 1.57. The molecule has 10 heteroatoms. The van der Waals surface area contributed by atoms with Crippen LogP contribution in [0.3, 0.4) is 0 Å². The normalized spacial score (nSPS) is 15.6. The van der Waals surface area contributed by atoms with Crippen molar-refractivity contribution in [2.45, 2.75) is 39.3 Å². The number of halogens is 2. The van der Waals surface area contributed by atoms with Gasteiger partial charge in [-0.3, -0.25) is 4.79 Å². The van der Waals surface area contributed by atoms with Crippen molar-refractivity contribution in [1.82, 2.24) is 4.98 Å². The minimum atomic E-state index is -1.01. The number of rotatable bonds is 5. The van der Waals surface area contributed by atoms with E-state index in [4.69, 9.17) is 4.74 Å². The number of nitro groups is 1. The minimum absolute atomic E-state index is 0.0192. The molecule has 0 spiro atoms. The minimum Gasteiger partial charge on any atom is -0.488 e. The predicted octanol–water partition coefficient (Wildman–Crippen LogP) is 5.84. The number of fused-ring (bicyclic) bond motifs is 2. The Morgan fingerprint density at radius 1 is 1.18 bits per heavy atom. The molecule has 5 rings (SSSR count). The molecule has 0 N–H and O–H groups in total. The summed E-state index contributed by atoms with van der Waals surface area (Å²) >= 11 is 0. The second-order valence-corrected chi connectivity index (χ2v) is 9.32. The Hall–Kier alpha value is -4.65. The monoisotopic (exact) mass is 516 g/mol. The fourth-order valence-electron chi connectivity index (χ4n) is 4.79. The van der Waals surface area contributed by atoms with E-state index >= 15 is 0 Å². The van der Waals surface area contributed by atoms with Crippen LogP contribution in [0, 0.1) is 39.1 Å². The van der Waals surface area contributed by atoms with Crippen LogP contribution >= 0.6 is 0 Å². The number of amides is 1. The summed E-state index contributed by atoms with van der Waals surface area (Å²) in [6.45, 7) is 1.73. The van der Waals surface area contributed by atoms with E-state index in [0.29, 0.717) is 46.4 Å². The van der Waals surface area contributed by atoms with Crippen molar-refractivity contribution < 1.29 is 23.2 Å². The maximum absolute atomic E-state index is 13.9. The summed E-state index contributed by atoms with van der Waals surface area (Å²) in [5, 5.41) is 21.3. The molecule has 1 fully saturated rings. The van der Waals surface area contributed by atoms with Gasteiger partial charge in [0.1, 0.15) is 23.9 Å². The van der Waals surface area contributed by atoms with E-state index in [1.54, 1.807) is 31.2 Å². The van der Waals surface area contributed by atoms with Gasteiger partial charge in [-0.2, -0.15) is 9.65 Å². The maximum Gasteiger partial charge on any atom is 0.390 e. The molecule has 0 unspecified atom stereocenters. The Morgan fingerprint density at radius 2 is 1.95 bits per heavy atom. The standard InChI is InChI=1S/C28H22F2N4O4/c1-16(13-31)26-21-7-5-17(11-19(21)15-38-24-12-20(29)6-8-22(24)26)14-33(28(35)18-3-2-4-18)23-9-10-25(30)32-27(23)34(36)37/h5-12,18H,2-4,14-15H2,1H3. The molecule has 1 amide bonds. The van der Waals surface area contributed by atoms with Crippen LogP contribution < -0.4 is 9.64 Å². The quantitative estimate of drug-likeness (QED) is 0.182. The first-order valence-corrected chi connectivity index (χ1v) is 12.0. The molecular weight excluding hydrogens is 494 g/mol. The van der Waals surface area contributed by atoms with Gasteiger partial charge in [0.15, 0.2) is 0 Å². The number of ether oxygens (including phenoxy) is 1. The van der Waals surface area contributed by atoms with Gasteiger partial charge in [-0.05, 0) is 70.6 Å². The maximum atomic E-state index is 13.9. The fourth-order valence-corrected chi connectivity index (χ4v) is 4.79. The topological polar surface area (TPSA) is 109 Å². The number of pyridine rings is 1. The Labute approximate surface area is 216 Å². The molecule has 0 saturated heterocycles. The predicted molar refractivity (Wildman–Crippen MR) is 134 cm³/mol. The molecule has 2 heterocycles. The van der Waals surface area contributed by atoms with Crippen LogP contribution in [0.5, 0.6) is 5.75 Å². The first-order chi connectivity index (χ1) is 18.3. The van der Waals surface area contributed by atoms with E-state index in [9.17, 15) is 29.0 Å². The average molecular weight is 517 g/mol. The van der Waals surface area contributed by atoms with E-state index in [1.165, 1.54) is 23.1 Å². The summed E-state index contributed by atoms with van der Waals surface area (Å²) in [4.78, 5) is 28.9. The lowest BCUT2D eigenvalue weighted by Crippen LogP contribution is -2.39. The molecule has 1 saturated carbocycles. The summed E-state index contributed by atoms with van der Waals surface area (Å²) < 4.78 is 33.6. The highest BCUT2D eigenvalue weighted by atomic mass is 19.1. The van der Waals surface area contributed by atoms with E-state index < -0.39 is 22.5 Å². The van der Waals surface area contributed by atoms with Gasteiger partial charge >= 0.3 is 11.8 Å². The number of carbonyl (C=O) groups excluding carboxylic acids is 1. The Morgan fingerprint density at radius 3 is 2.63 bits per heavy atom. The van der Waals surface area contributed by atoms with E-state index in [1.807, 2.05) is 0 Å². The molecule has 2 aromatic carbocycles. The van der Waals surface area contributed by atoms with Crippen molar-refractivity contribution in [3.05, 3.63) is 98.2 Å². The number of benzene rings is 2. The molecule has 8 nitrogen and oxygen atoms in total. The number of hydrogen-bond donors (Lipinski definition) is 0. The van der Waals surface area contributed by atoms with Gasteiger partial charge < -0.3 is 19.8 Å². The van der Waals surface area contributed by atoms with Crippen LogP contribution in [0.4, 0.5) is 20.3 Å². The summed E-state index contributed by atoms with van der Waals surface area (Å²) in [6, 6.07) is 13.9. The molecule has 2 aliphatic rings. The van der Waals surface area contributed by atoms with Gasteiger partial charge in [0.2, 0.25) is 5.91 Å². The largest absolute Gasteiger partial charge is 0.488 e. The molecule has 0 radical (unpaired) electrons. The van der Waals surface area contributed by atoms with Crippen molar-refractivity contribution in [2.75, 3.05) is 4.90 Å². The molecule has 3 aromatic rings. The summed E-state index contributed by atoms with van der Waals surface area (Å²) in [6.07, 6.45) is 2.23. The van der Waals surface area contributed by atoms with Crippen LogP contribution in [0.15, 0.2) is 54.1 Å². The zero-order valence-corrected chi connectivity index (χ0v) is 20.4. The zero-order chi connectivity index (χ0) is 27.0. The van der Waals surface area contributed by atoms with Crippen LogP contribution in [0.1, 0.15) is 48.4 Å². The first kappa shape index (κ1) is 25.0. The van der Waals surface area contributed by atoms with E-state index in [2.05, 4.69) is 11.1 Å². The van der Waals surface area contributed by atoms with Crippen LogP contribution in [-0.2, 0) is 17.9 Å². The second-order valence-electron chi connectivity index (χ2n) is 9.32. The molecule has 1 aromatic heterocycles. The number of aromatic nitrogens is 1. The van der Waals surface area contributed by atoms with Gasteiger partial charge in [-0.1, -0.05) is 18.6 Å². The van der Waals surface area contributed by atoms with Gasteiger partial charge in [-0.15, -0.1) is 0 Å². The third-order valence-corrected chi connectivity index (χ3v) is 6.92. The molecular formula is C28H22F2N4O4. The van der Waals surface area contributed by atoms with Crippen LogP contribution in [0.2, 0.25) is 0 Å². The van der Waals surface area contributed by atoms with Crippen LogP contribution in [-0.4, -0.2) is 15.8 Å². The first-order valence-electron chi connectivity index (χ1n) is 12.0. The third-order valence-electron chi connectivity index (χ3n) is 6.92. The van der Waals surface area contributed by atoms with Gasteiger partial charge in [0, 0.05) is 34.8 Å². The lowest BCUT2D eigenvalue weighted by molar-refractivity contribution is -0.389. The molecule has 0 atom stereocenters. The number of nitriles is 1. The SMILES string of the molecule is CC(C#N)=C1c2ccc(CN(C(=O)C3CCC3)c3ccc(F)nc3[N+](=O)[O-])cc2COc2cc(F)ccc21. The second kappa shape index (κ2) is 10.0. The van der Waals surface area contributed by atoms with Crippen molar-refractivity contribution in [3.8, 4) is 11.8 Å². The zero-order valence-electron chi connectivity index (χ0n) is 20.4. The number of anilines is 1. The number of carbonyl (C=O) groups is 1. The average Bonchev–Trinajstić information content (AvgIpc) is 3.02. The lowest BCUT2D eigenvalue weighted by atomic mass is 9.84. The molecule has 38 heavy (non-hydrogen) atoms. The summed E-state index contributed by atoms with van der Waals surface area (Å²) in [5.74, 6) is -2.47. The van der Waals surface area contributed by atoms with Crippen LogP contribution in [0.25, 0.3) is 5.57 Å². The highest BCUT2D eigenvalue weighted by Gasteiger charge is 2.34. The lowest BCUT2D eigenvalue weighted by Gasteiger charge is -2.31. The van der Waals surface area contributed by atoms with Gasteiger partial charge in [0.25, 0.3) is 0 Å². The number of allylic oxidation sites excluding steroid dienone is 1. The van der Waals surface area contributed by atoms with Gasteiger partial charge in [0.05, 0.1) is 12.6 Å². The molecule has 1 aliphatic heterocycles. The fraction of sp³-hybridized carbons (Fsp3) is 0.250. The van der Waals surface area contributed by atoms with E-state index in [0.717, 1.165) is 18.1 Å². The highest BCUT2D eigenvalue weighted by Crippen LogP contribution is 2.40. The van der Waals surface area contributed by atoms with Crippen molar-refractivity contribution in [2.24, 2.45) is 5.92 Å². The van der Waals surface area contributed by atoms with Crippen molar-refractivity contribution in [1.29, 1.82) is 5.26 Å². The van der Waals surface area contributed by atoms with Crippen molar-refractivity contribution in [3.63, 3.8) is 0 Å². The third kappa shape index (κ3) is 4.59. The number of nitrogens with zero attached hydrogens (tertiary/aromatic N) is 4. The number of hydrogen-bond acceptors (Lipinski definition) is 6. The van der Waals surface area contributed by atoms with Gasteiger partial charge in [-0.25, -0.2) is 4.39 Å². The van der Waals surface area contributed by atoms with E-state index in [-0.39, 0.29) is 30.7 Å². The Kier molecular flexibility index (Phi) is 6.59. The van der Waals surface area contributed by atoms with Crippen molar-refractivity contribution >= 4 is 23.0 Å². The Bertz CT molecular complexity index is 1540. The smallest absolute Gasteiger partial charge is 0.390 e.